The number of nitrogens with zero attached hydrogens (tertiary/aromatic N) is 3. The molecule has 0 spiro atoms. The maximum atomic E-state index is 12.9. The minimum absolute atomic E-state index is 0.138. The Kier molecular flexibility index (Phi) is 4.01. The van der Waals surface area contributed by atoms with Crippen LogP contribution in [0.4, 0.5) is 0 Å². The minimum atomic E-state index is 0.138. The number of nitrogens with two attached hydrogens (primary N) is 1. The molecule has 2 fully saturated rings. The smallest absolute Gasteiger partial charge is 0.225 e. The molecule has 0 bridgehead atoms. The molecule has 1 aliphatic carbocycles. The maximum absolute atomic E-state index is 12.9. The van der Waals surface area contributed by atoms with Crippen molar-refractivity contribution in [2.24, 2.45) is 22.6 Å². The molecule has 1 saturated heterocycles. The fourth-order valence-corrected chi connectivity index (χ4v) is 4.89. The van der Waals surface area contributed by atoms with Crippen molar-refractivity contribution in [3.63, 3.8) is 0 Å². The molecule has 1 aromatic carbocycles. The first-order valence-electron chi connectivity index (χ1n) is 10.1. The van der Waals surface area contributed by atoms with Crippen molar-refractivity contribution < 1.29 is 4.79 Å². The number of piperidine rings is 1. The van der Waals surface area contributed by atoms with Crippen LogP contribution in [0.1, 0.15) is 49.3 Å². The van der Waals surface area contributed by atoms with Crippen molar-refractivity contribution in [1.82, 2.24) is 9.88 Å². The van der Waals surface area contributed by atoms with E-state index in [0.29, 0.717) is 17.7 Å². The standard InChI is InChI=1S/C22H26N4O/c1-13-7-15(12-26(11-13)22(27)14-8-16(23)9-14)17-4-5-19(20-10-25-20)21-18(17)3-2-6-24-21/h2-6,10,13-16,20H,7-9,11-12,23H2,1H3/t13-,14?,15-,16?,20?/m1/s1. The van der Waals surface area contributed by atoms with Gasteiger partial charge in [-0.1, -0.05) is 25.1 Å². The molecule has 3 atom stereocenters. The number of aromatic nitrogens is 1. The molecule has 27 heavy (non-hydrogen) atoms. The highest BCUT2D eigenvalue weighted by Crippen LogP contribution is 2.39. The van der Waals surface area contributed by atoms with E-state index < -0.39 is 0 Å². The van der Waals surface area contributed by atoms with Crippen LogP contribution >= 0.6 is 0 Å². The lowest BCUT2D eigenvalue weighted by Crippen LogP contribution is -2.50. The molecule has 5 nitrogen and oxygen atoms in total. The predicted octanol–water partition coefficient (Wildman–Crippen LogP) is 3.05. The van der Waals surface area contributed by atoms with Crippen LogP contribution in [0.15, 0.2) is 35.5 Å². The number of benzene rings is 1. The first-order valence-corrected chi connectivity index (χ1v) is 10.1. The van der Waals surface area contributed by atoms with Gasteiger partial charge in [-0.05, 0) is 36.8 Å². The van der Waals surface area contributed by atoms with Gasteiger partial charge in [-0.3, -0.25) is 14.8 Å². The monoisotopic (exact) mass is 362 g/mol. The van der Waals surface area contributed by atoms with Gasteiger partial charge < -0.3 is 10.6 Å². The van der Waals surface area contributed by atoms with E-state index in [1.54, 1.807) is 0 Å². The summed E-state index contributed by atoms with van der Waals surface area (Å²) < 4.78 is 0. The van der Waals surface area contributed by atoms with Crippen molar-refractivity contribution in [1.29, 1.82) is 0 Å². The normalized spacial score (nSPS) is 32.4. The van der Waals surface area contributed by atoms with E-state index in [4.69, 9.17) is 5.73 Å². The van der Waals surface area contributed by atoms with Gasteiger partial charge in [0.25, 0.3) is 0 Å². The second-order valence-electron chi connectivity index (χ2n) is 8.60. The molecule has 3 aliphatic rings. The van der Waals surface area contributed by atoms with Gasteiger partial charge in [0.2, 0.25) is 5.91 Å². The van der Waals surface area contributed by atoms with Crippen LogP contribution in [0, 0.1) is 11.8 Å². The van der Waals surface area contributed by atoms with Crippen LogP contribution in [0.3, 0.4) is 0 Å². The van der Waals surface area contributed by atoms with Crippen LogP contribution < -0.4 is 5.73 Å². The van der Waals surface area contributed by atoms with E-state index >= 15 is 0 Å². The van der Waals surface area contributed by atoms with Crippen molar-refractivity contribution in [2.75, 3.05) is 13.1 Å². The predicted molar refractivity (Wildman–Crippen MR) is 107 cm³/mol. The van der Waals surface area contributed by atoms with E-state index in [-0.39, 0.29) is 18.0 Å². The Morgan fingerprint density at radius 1 is 1.15 bits per heavy atom. The second-order valence-corrected chi connectivity index (χ2v) is 8.60. The molecule has 5 heteroatoms. The number of aliphatic imine (C=N–C) groups is 1. The zero-order valence-corrected chi connectivity index (χ0v) is 15.7. The Bertz CT molecular complexity index is 912. The van der Waals surface area contributed by atoms with Crippen molar-refractivity contribution in [3.8, 4) is 0 Å². The Labute approximate surface area is 159 Å². The lowest BCUT2D eigenvalue weighted by Gasteiger charge is -2.41. The van der Waals surface area contributed by atoms with E-state index in [1.807, 2.05) is 18.5 Å². The summed E-state index contributed by atoms with van der Waals surface area (Å²) in [5.74, 6) is 1.30. The van der Waals surface area contributed by atoms with Crippen LogP contribution in [-0.4, -0.2) is 41.1 Å². The van der Waals surface area contributed by atoms with Crippen molar-refractivity contribution in [3.05, 3.63) is 41.6 Å². The number of pyridine rings is 1. The number of carbonyl (C=O) groups is 1. The Morgan fingerprint density at radius 2 is 1.93 bits per heavy atom. The molecule has 5 rings (SSSR count). The maximum Gasteiger partial charge on any atom is 0.225 e. The highest BCUT2D eigenvalue weighted by molar-refractivity contribution is 5.92. The number of amides is 1. The van der Waals surface area contributed by atoms with E-state index in [9.17, 15) is 4.79 Å². The summed E-state index contributed by atoms with van der Waals surface area (Å²) in [6.45, 7) is 3.93. The summed E-state index contributed by atoms with van der Waals surface area (Å²) in [5.41, 5.74) is 9.46. The van der Waals surface area contributed by atoms with Gasteiger partial charge in [0, 0.05) is 54.3 Å². The summed E-state index contributed by atoms with van der Waals surface area (Å²) in [5, 5.41) is 1.21. The molecular formula is C22H26N4O. The largest absolute Gasteiger partial charge is 0.342 e. The lowest BCUT2D eigenvalue weighted by molar-refractivity contribution is -0.140. The van der Waals surface area contributed by atoms with Gasteiger partial charge in [-0.25, -0.2) is 0 Å². The summed E-state index contributed by atoms with van der Waals surface area (Å²) in [4.78, 5) is 24.0. The summed E-state index contributed by atoms with van der Waals surface area (Å²) in [6, 6.07) is 9.00. The first-order chi connectivity index (χ1) is 13.1. The SMILES string of the molecule is C[C@@H]1C[C@@H](c2ccc(C3C=N3)c3ncccc23)CN(C(=O)C2CC(N)C2)C1. The van der Waals surface area contributed by atoms with E-state index in [1.165, 1.54) is 16.5 Å². The zero-order chi connectivity index (χ0) is 18.5. The summed E-state index contributed by atoms with van der Waals surface area (Å²) >= 11 is 0. The van der Waals surface area contributed by atoms with Crippen LogP contribution in [0.2, 0.25) is 0 Å². The summed E-state index contributed by atoms with van der Waals surface area (Å²) in [6.07, 6.45) is 6.62. The second kappa shape index (κ2) is 6.41. The molecule has 2 N–H and O–H groups in total. The molecule has 1 saturated carbocycles. The van der Waals surface area contributed by atoms with Gasteiger partial charge in [-0.15, -0.1) is 0 Å². The third kappa shape index (κ3) is 3.04. The topological polar surface area (TPSA) is 71.6 Å². The van der Waals surface area contributed by atoms with Gasteiger partial charge in [-0.2, -0.15) is 0 Å². The Hall–Kier alpha value is -2.27. The summed E-state index contributed by atoms with van der Waals surface area (Å²) in [7, 11) is 0. The highest BCUT2D eigenvalue weighted by atomic mass is 16.2. The average molecular weight is 362 g/mol. The molecule has 1 unspecified atom stereocenters. The van der Waals surface area contributed by atoms with Crippen LogP contribution in [0.5, 0.6) is 0 Å². The first kappa shape index (κ1) is 16.9. The molecule has 3 heterocycles. The number of hydrogen-bond acceptors (Lipinski definition) is 4. The number of rotatable bonds is 3. The number of hydrogen-bond donors (Lipinski definition) is 1. The van der Waals surface area contributed by atoms with Gasteiger partial charge in [0.15, 0.2) is 0 Å². The van der Waals surface area contributed by atoms with E-state index in [2.05, 4.69) is 40.0 Å². The third-order valence-electron chi connectivity index (χ3n) is 6.39. The number of fused-ring (bicyclic) bond motifs is 1. The Morgan fingerprint density at radius 3 is 2.67 bits per heavy atom. The fraction of sp³-hybridized carbons (Fsp3) is 0.500. The molecule has 1 aromatic heterocycles. The zero-order valence-electron chi connectivity index (χ0n) is 15.7. The van der Waals surface area contributed by atoms with Gasteiger partial charge in [0.05, 0.1) is 5.52 Å². The van der Waals surface area contributed by atoms with Gasteiger partial charge >= 0.3 is 0 Å². The Balaban J connectivity index is 1.45. The average Bonchev–Trinajstić information content (AvgIpc) is 3.48. The molecule has 0 radical (unpaired) electrons. The van der Waals surface area contributed by atoms with Crippen molar-refractivity contribution in [2.45, 2.75) is 44.2 Å². The number of carbonyl (C=O) groups excluding carboxylic acids is 1. The minimum Gasteiger partial charge on any atom is -0.342 e. The van der Waals surface area contributed by atoms with Crippen molar-refractivity contribution >= 4 is 23.0 Å². The molecule has 1 amide bonds. The molecular weight excluding hydrogens is 336 g/mol. The third-order valence-corrected chi connectivity index (χ3v) is 6.39. The highest BCUT2D eigenvalue weighted by Gasteiger charge is 2.38. The molecule has 2 aromatic rings. The molecule has 140 valence electrons. The van der Waals surface area contributed by atoms with E-state index in [0.717, 1.165) is 37.9 Å². The lowest BCUT2D eigenvalue weighted by atomic mass is 9.78. The quantitative estimate of drug-likeness (QED) is 0.912. The number of likely N-dealkylation sites (tertiary alicyclic amines) is 1. The fourth-order valence-electron chi connectivity index (χ4n) is 4.89. The molecule has 2 aliphatic heterocycles. The van der Waals surface area contributed by atoms with Crippen LogP contribution in [0.25, 0.3) is 10.9 Å². The van der Waals surface area contributed by atoms with Gasteiger partial charge in [0.1, 0.15) is 6.04 Å². The van der Waals surface area contributed by atoms with Crippen LogP contribution in [-0.2, 0) is 4.79 Å².